The molecule has 0 saturated carbocycles. The molecule has 1 unspecified atom stereocenters. The zero-order valence-corrected chi connectivity index (χ0v) is 13.8. The Morgan fingerprint density at radius 3 is 2.61 bits per heavy atom. The first-order valence-corrected chi connectivity index (χ1v) is 8.38. The number of nitrogens with one attached hydrogen (secondary N) is 1. The van der Waals surface area contributed by atoms with E-state index >= 15 is 0 Å². The third-order valence-electron chi connectivity index (χ3n) is 3.40. The van der Waals surface area contributed by atoms with Crippen LogP contribution in [0.2, 0.25) is 0 Å². The summed E-state index contributed by atoms with van der Waals surface area (Å²) in [5.74, 6) is -0.0987. The van der Waals surface area contributed by atoms with E-state index in [9.17, 15) is 14.3 Å². The second-order valence-corrected chi connectivity index (χ2v) is 6.84. The highest BCUT2D eigenvalue weighted by molar-refractivity contribution is 7.99. The van der Waals surface area contributed by atoms with Crippen molar-refractivity contribution in [1.29, 1.82) is 0 Å². The van der Waals surface area contributed by atoms with Gasteiger partial charge in [-0.15, -0.1) is 11.8 Å². The normalized spacial score (nSPS) is 11.9. The van der Waals surface area contributed by atoms with Crippen molar-refractivity contribution in [2.45, 2.75) is 36.5 Å². The van der Waals surface area contributed by atoms with Crippen molar-refractivity contribution in [3.05, 3.63) is 59.9 Å². The Labute approximate surface area is 139 Å². The molecule has 2 N–H and O–H groups in total. The Bertz CT molecular complexity index is 646. The minimum atomic E-state index is -0.245. The summed E-state index contributed by atoms with van der Waals surface area (Å²) in [5.41, 5.74) is 0.703. The van der Waals surface area contributed by atoms with Crippen LogP contribution < -0.4 is 5.32 Å². The van der Waals surface area contributed by atoms with Crippen LogP contribution in [-0.4, -0.2) is 16.3 Å². The summed E-state index contributed by atoms with van der Waals surface area (Å²) >= 11 is 1.62. The predicted octanol–water partition coefficient (Wildman–Crippen LogP) is 4.11. The molecule has 23 heavy (non-hydrogen) atoms. The number of hydrogen-bond acceptors (Lipinski definition) is 3. The zero-order chi connectivity index (χ0) is 16.7. The lowest BCUT2D eigenvalue weighted by Gasteiger charge is -2.11. The van der Waals surface area contributed by atoms with E-state index in [1.54, 1.807) is 42.1 Å². The second-order valence-electron chi connectivity index (χ2n) is 5.33. The van der Waals surface area contributed by atoms with E-state index in [0.717, 1.165) is 11.3 Å². The maximum Gasteiger partial charge on any atom is 0.220 e. The summed E-state index contributed by atoms with van der Waals surface area (Å²) in [7, 11) is 0. The molecule has 1 amide bonds. The lowest BCUT2D eigenvalue weighted by atomic mass is 10.2. The van der Waals surface area contributed by atoms with E-state index in [1.165, 1.54) is 12.1 Å². The summed E-state index contributed by atoms with van der Waals surface area (Å²) in [5, 5.41) is 12.7. The quantitative estimate of drug-likeness (QED) is 0.750. The third kappa shape index (κ3) is 5.94. The number of halogens is 1. The molecular formula is C18H20FNO2S. The topological polar surface area (TPSA) is 49.3 Å². The molecule has 0 spiro atoms. The number of carbonyl (C=O) groups excluding carboxylic acids is 1. The van der Waals surface area contributed by atoms with Crippen LogP contribution in [0.4, 0.5) is 4.39 Å². The molecular weight excluding hydrogens is 313 g/mol. The van der Waals surface area contributed by atoms with Gasteiger partial charge in [-0.05, 0) is 36.8 Å². The Morgan fingerprint density at radius 1 is 1.22 bits per heavy atom. The first-order valence-electron chi connectivity index (χ1n) is 7.50. The highest BCUT2D eigenvalue weighted by Crippen LogP contribution is 2.26. The van der Waals surface area contributed by atoms with Gasteiger partial charge < -0.3 is 10.4 Å². The Hall–Kier alpha value is -2.01. The molecule has 3 nitrogen and oxygen atoms in total. The number of thioether (sulfide) groups is 1. The molecule has 0 saturated heterocycles. The fourth-order valence-electron chi connectivity index (χ4n) is 2.08. The van der Waals surface area contributed by atoms with Crippen molar-refractivity contribution in [3.8, 4) is 5.75 Å². The van der Waals surface area contributed by atoms with Gasteiger partial charge in [-0.2, -0.15) is 0 Å². The van der Waals surface area contributed by atoms with Crippen LogP contribution in [0.1, 0.15) is 25.3 Å². The Kier molecular flexibility index (Phi) is 6.47. The lowest BCUT2D eigenvalue weighted by Crippen LogP contribution is -2.23. The van der Waals surface area contributed by atoms with Crippen molar-refractivity contribution in [1.82, 2.24) is 5.32 Å². The first-order chi connectivity index (χ1) is 11.0. The van der Waals surface area contributed by atoms with Gasteiger partial charge >= 0.3 is 0 Å². The van der Waals surface area contributed by atoms with E-state index in [-0.39, 0.29) is 22.7 Å². The van der Waals surface area contributed by atoms with Gasteiger partial charge in [0.25, 0.3) is 0 Å². The summed E-state index contributed by atoms with van der Waals surface area (Å²) in [6, 6.07) is 13.3. The van der Waals surface area contributed by atoms with Crippen LogP contribution in [-0.2, 0) is 11.3 Å². The molecule has 0 aliphatic rings. The monoisotopic (exact) mass is 333 g/mol. The maximum atomic E-state index is 12.9. The van der Waals surface area contributed by atoms with Gasteiger partial charge in [-0.25, -0.2) is 4.39 Å². The van der Waals surface area contributed by atoms with Gasteiger partial charge in [0.15, 0.2) is 0 Å². The van der Waals surface area contributed by atoms with Gasteiger partial charge in [-0.3, -0.25) is 4.79 Å². The number of phenolic OH excluding ortho intramolecular Hbond substituents is 1. The predicted molar refractivity (Wildman–Crippen MR) is 90.9 cm³/mol. The second kappa shape index (κ2) is 8.58. The molecule has 0 fully saturated rings. The van der Waals surface area contributed by atoms with Crippen LogP contribution >= 0.6 is 11.8 Å². The van der Waals surface area contributed by atoms with Crippen LogP contribution in [0.25, 0.3) is 0 Å². The molecule has 2 aromatic carbocycles. The highest BCUT2D eigenvalue weighted by atomic mass is 32.2. The van der Waals surface area contributed by atoms with E-state index in [2.05, 4.69) is 5.32 Å². The summed E-state index contributed by atoms with van der Waals surface area (Å²) in [6.45, 7) is 2.37. The fraction of sp³-hybridized carbons (Fsp3) is 0.278. The molecule has 2 rings (SSSR count). The van der Waals surface area contributed by atoms with Crippen LogP contribution in [0.15, 0.2) is 53.4 Å². The Balaban J connectivity index is 1.71. The number of hydrogen-bond donors (Lipinski definition) is 2. The summed E-state index contributed by atoms with van der Waals surface area (Å²) in [6.07, 6.45) is 1.15. The van der Waals surface area contributed by atoms with Gasteiger partial charge in [0.2, 0.25) is 5.91 Å². The van der Waals surface area contributed by atoms with Crippen LogP contribution in [0.3, 0.4) is 0 Å². The molecule has 2 aromatic rings. The molecule has 0 aromatic heterocycles. The van der Waals surface area contributed by atoms with Gasteiger partial charge in [0.1, 0.15) is 11.6 Å². The van der Waals surface area contributed by atoms with Crippen molar-refractivity contribution in [2.75, 3.05) is 0 Å². The largest absolute Gasteiger partial charge is 0.508 e. The summed E-state index contributed by atoms with van der Waals surface area (Å²) < 4.78 is 12.9. The number of para-hydroxylation sites is 1. The van der Waals surface area contributed by atoms with E-state index in [4.69, 9.17) is 0 Å². The molecule has 1 atom stereocenters. The van der Waals surface area contributed by atoms with E-state index in [0.29, 0.717) is 18.5 Å². The molecule has 0 aliphatic carbocycles. The van der Waals surface area contributed by atoms with Gasteiger partial charge in [-0.1, -0.05) is 25.1 Å². The Morgan fingerprint density at radius 2 is 1.91 bits per heavy atom. The molecule has 5 heteroatoms. The average molecular weight is 333 g/mol. The maximum absolute atomic E-state index is 12.9. The number of amides is 1. The standard InChI is InChI=1S/C18H20FNO2S/c1-13(23-16-9-7-15(19)8-10-16)6-11-18(22)20-12-14-4-2-3-5-17(14)21/h2-5,7-10,13,21H,6,11-12H2,1H3,(H,20,22). The molecule has 0 aliphatic heterocycles. The van der Waals surface area contributed by atoms with E-state index in [1.807, 2.05) is 13.0 Å². The van der Waals surface area contributed by atoms with Crippen molar-refractivity contribution in [3.63, 3.8) is 0 Å². The minimum absolute atomic E-state index is 0.0418. The lowest BCUT2D eigenvalue weighted by molar-refractivity contribution is -0.121. The minimum Gasteiger partial charge on any atom is -0.508 e. The van der Waals surface area contributed by atoms with E-state index < -0.39 is 0 Å². The van der Waals surface area contributed by atoms with Crippen molar-refractivity contribution in [2.24, 2.45) is 0 Å². The first kappa shape index (κ1) is 17.3. The smallest absolute Gasteiger partial charge is 0.220 e. The number of rotatable bonds is 7. The number of phenols is 1. The SMILES string of the molecule is CC(CCC(=O)NCc1ccccc1O)Sc1ccc(F)cc1. The van der Waals surface area contributed by atoms with Crippen molar-refractivity contribution < 1.29 is 14.3 Å². The van der Waals surface area contributed by atoms with Crippen LogP contribution in [0.5, 0.6) is 5.75 Å². The van der Waals surface area contributed by atoms with Crippen molar-refractivity contribution >= 4 is 17.7 Å². The number of benzene rings is 2. The highest BCUT2D eigenvalue weighted by Gasteiger charge is 2.09. The van der Waals surface area contributed by atoms with Gasteiger partial charge in [0.05, 0.1) is 0 Å². The molecule has 122 valence electrons. The zero-order valence-electron chi connectivity index (χ0n) is 13.0. The average Bonchev–Trinajstić information content (AvgIpc) is 2.54. The van der Waals surface area contributed by atoms with Crippen LogP contribution in [0, 0.1) is 5.82 Å². The molecule has 0 radical (unpaired) electrons. The number of carbonyl (C=O) groups is 1. The number of aromatic hydroxyl groups is 1. The van der Waals surface area contributed by atoms with Gasteiger partial charge in [0, 0.05) is 28.7 Å². The fourth-order valence-corrected chi connectivity index (χ4v) is 3.07. The third-order valence-corrected chi connectivity index (χ3v) is 4.58. The molecule has 0 bridgehead atoms. The molecule has 0 heterocycles. The summed E-state index contributed by atoms with van der Waals surface area (Å²) in [4.78, 5) is 12.9.